The predicted octanol–water partition coefficient (Wildman–Crippen LogP) is 4.93. The first-order valence-electron chi connectivity index (χ1n) is 13.7. The molecule has 208 valence electrons. The van der Waals surface area contributed by atoms with Crippen LogP contribution in [0, 0.1) is 6.92 Å². The van der Waals surface area contributed by atoms with Crippen LogP contribution in [0.3, 0.4) is 0 Å². The number of nitrogens with one attached hydrogen (secondary N) is 1. The summed E-state index contributed by atoms with van der Waals surface area (Å²) in [6, 6.07) is 23.6. The van der Waals surface area contributed by atoms with Crippen molar-refractivity contribution < 1.29 is 19.2 Å². The zero-order valence-corrected chi connectivity index (χ0v) is 23.6. The number of aryl methyl sites for hydroxylation is 1. The van der Waals surface area contributed by atoms with Gasteiger partial charge >= 0.3 is 0 Å². The molecule has 3 aromatic rings. The van der Waals surface area contributed by atoms with Crippen molar-refractivity contribution in [2.75, 3.05) is 6.54 Å². The molecule has 0 saturated carbocycles. The highest BCUT2D eigenvalue weighted by Crippen LogP contribution is 2.23. The standard InChI is InChI=1S/C33H37N3O4/c1-23-16-18-25(19-17-23)22-36(28(30(38)34-33(2,3)4)21-24-11-6-5-7-12-24)29(37)15-10-20-35-31(39)26-13-8-9-14-27(26)32(35)40/h5-9,11-14,16-19,28H,10,15,20-22H2,1-4H3,(H,34,38). The summed E-state index contributed by atoms with van der Waals surface area (Å²) in [5.74, 6) is -1.11. The van der Waals surface area contributed by atoms with E-state index in [-0.39, 0.29) is 43.1 Å². The molecule has 0 radical (unpaired) electrons. The summed E-state index contributed by atoms with van der Waals surface area (Å²) < 4.78 is 0. The topological polar surface area (TPSA) is 86.8 Å². The molecule has 1 heterocycles. The average Bonchev–Trinajstić information content (AvgIpc) is 3.16. The Morgan fingerprint density at radius 2 is 1.40 bits per heavy atom. The second-order valence-electron chi connectivity index (χ2n) is 11.4. The average molecular weight is 540 g/mol. The summed E-state index contributed by atoms with van der Waals surface area (Å²) in [5.41, 5.74) is 3.28. The maximum absolute atomic E-state index is 13.8. The van der Waals surface area contributed by atoms with Gasteiger partial charge in [-0.1, -0.05) is 72.3 Å². The van der Waals surface area contributed by atoms with Crippen molar-refractivity contribution >= 4 is 23.6 Å². The van der Waals surface area contributed by atoms with Gasteiger partial charge in [-0.3, -0.25) is 24.1 Å². The van der Waals surface area contributed by atoms with Crippen molar-refractivity contribution in [2.45, 2.75) is 65.1 Å². The number of hydrogen-bond acceptors (Lipinski definition) is 4. The Morgan fingerprint density at radius 1 is 0.825 bits per heavy atom. The molecule has 7 heteroatoms. The summed E-state index contributed by atoms with van der Waals surface area (Å²) >= 11 is 0. The van der Waals surface area contributed by atoms with Gasteiger partial charge in [0, 0.05) is 31.5 Å². The number of imide groups is 1. The molecule has 4 rings (SSSR count). The largest absolute Gasteiger partial charge is 0.350 e. The minimum atomic E-state index is -0.741. The third-order valence-electron chi connectivity index (χ3n) is 6.89. The Morgan fingerprint density at radius 3 is 1.98 bits per heavy atom. The number of hydrogen-bond donors (Lipinski definition) is 1. The first-order valence-corrected chi connectivity index (χ1v) is 13.7. The van der Waals surface area contributed by atoms with E-state index in [1.807, 2.05) is 82.3 Å². The zero-order chi connectivity index (χ0) is 28.9. The molecule has 0 aromatic heterocycles. The Kier molecular flexibility index (Phi) is 8.83. The van der Waals surface area contributed by atoms with Crippen LogP contribution in [0.25, 0.3) is 0 Å². The molecular weight excluding hydrogens is 502 g/mol. The molecule has 7 nitrogen and oxygen atoms in total. The number of rotatable bonds is 10. The van der Waals surface area contributed by atoms with Gasteiger partial charge in [0.25, 0.3) is 11.8 Å². The molecule has 0 bridgehead atoms. The summed E-state index contributed by atoms with van der Waals surface area (Å²) in [4.78, 5) is 55.9. The van der Waals surface area contributed by atoms with E-state index in [1.54, 1.807) is 29.2 Å². The summed E-state index contributed by atoms with van der Waals surface area (Å²) in [6.45, 7) is 8.15. The summed E-state index contributed by atoms with van der Waals surface area (Å²) in [6.07, 6.45) is 0.750. The van der Waals surface area contributed by atoms with E-state index in [2.05, 4.69) is 5.32 Å². The fourth-order valence-corrected chi connectivity index (χ4v) is 4.87. The second-order valence-corrected chi connectivity index (χ2v) is 11.4. The van der Waals surface area contributed by atoms with Gasteiger partial charge in [0.15, 0.2) is 0 Å². The minimum absolute atomic E-state index is 0.0906. The van der Waals surface area contributed by atoms with E-state index in [9.17, 15) is 19.2 Å². The third-order valence-corrected chi connectivity index (χ3v) is 6.89. The van der Waals surface area contributed by atoms with E-state index in [0.29, 0.717) is 24.0 Å². The van der Waals surface area contributed by atoms with Gasteiger partial charge in [-0.2, -0.15) is 0 Å². The lowest BCUT2D eigenvalue weighted by Gasteiger charge is -2.34. The summed E-state index contributed by atoms with van der Waals surface area (Å²) in [5, 5.41) is 3.06. The van der Waals surface area contributed by atoms with Gasteiger partial charge < -0.3 is 10.2 Å². The third kappa shape index (κ3) is 7.03. The first kappa shape index (κ1) is 28.7. The quantitative estimate of drug-likeness (QED) is 0.370. The number of fused-ring (bicyclic) bond motifs is 1. The molecule has 1 aliphatic rings. The van der Waals surface area contributed by atoms with E-state index in [4.69, 9.17) is 0 Å². The van der Waals surface area contributed by atoms with Crippen LogP contribution in [0.15, 0.2) is 78.9 Å². The molecule has 1 unspecified atom stereocenters. The van der Waals surface area contributed by atoms with Gasteiger partial charge in [-0.05, 0) is 57.4 Å². The van der Waals surface area contributed by atoms with Crippen LogP contribution in [0.5, 0.6) is 0 Å². The van der Waals surface area contributed by atoms with Gasteiger partial charge in [0.2, 0.25) is 11.8 Å². The molecule has 0 fully saturated rings. The number of carbonyl (C=O) groups is 4. The van der Waals surface area contributed by atoms with Gasteiger partial charge in [0.05, 0.1) is 11.1 Å². The Hall–Kier alpha value is -4.26. The number of carbonyl (C=O) groups excluding carboxylic acids is 4. The highest BCUT2D eigenvalue weighted by atomic mass is 16.2. The minimum Gasteiger partial charge on any atom is -0.350 e. The molecule has 3 aromatic carbocycles. The molecule has 0 spiro atoms. The smallest absolute Gasteiger partial charge is 0.261 e. The maximum Gasteiger partial charge on any atom is 0.261 e. The molecular formula is C33H37N3O4. The highest BCUT2D eigenvalue weighted by molar-refractivity contribution is 6.21. The van der Waals surface area contributed by atoms with Crippen molar-refractivity contribution in [2.24, 2.45) is 0 Å². The van der Waals surface area contributed by atoms with Gasteiger partial charge in [-0.15, -0.1) is 0 Å². The van der Waals surface area contributed by atoms with E-state index >= 15 is 0 Å². The maximum atomic E-state index is 13.8. The number of benzene rings is 3. The molecule has 40 heavy (non-hydrogen) atoms. The molecule has 1 aliphatic heterocycles. The summed E-state index contributed by atoms with van der Waals surface area (Å²) in [7, 11) is 0. The second kappa shape index (κ2) is 12.3. The first-order chi connectivity index (χ1) is 19.0. The van der Waals surface area contributed by atoms with Crippen LogP contribution in [0.1, 0.15) is 71.0 Å². The monoisotopic (exact) mass is 539 g/mol. The zero-order valence-electron chi connectivity index (χ0n) is 23.6. The van der Waals surface area contributed by atoms with Crippen LogP contribution in [0.2, 0.25) is 0 Å². The van der Waals surface area contributed by atoms with Crippen molar-refractivity contribution in [1.82, 2.24) is 15.1 Å². The van der Waals surface area contributed by atoms with Crippen molar-refractivity contribution in [1.29, 1.82) is 0 Å². The number of nitrogens with zero attached hydrogens (tertiary/aromatic N) is 2. The van der Waals surface area contributed by atoms with Crippen molar-refractivity contribution in [3.05, 3.63) is 107 Å². The Bertz CT molecular complexity index is 1340. The van der Waals surface area contributed by atoms with Crippen LogP contribution < -0.4 is 5.32 Å². The van der Waals surface area contributed by atoms with E-state index in [1.165, 1.54) is 4.90 Å². The van der Waals surface area contributed by atoms with Crippen molar-refractivity contribution in [3.8, 4) is 0 Å². The lowest BCUT2D eigenvalue weighted by Crippen LogP contribution is -2.54. The van der Waals surface area contributed by atoms with Crippen LogP contribution in [-0.2, 0) is 22.6 Å². The van der Waals surface area contributed by atoms with Crippen LogP contribution in [-0.4, -0.2) is 51.6 Å². The highest BCUT2D eigenvalue weighted by Gasteiger charge is 2.36. The Balaban J connectivity index is 1.55. The fourth-order valence-electron chi connectivity index (χ4n) is 4.87. The molecule has 0 aliphatic carbocycles. The SMILES string of the molecule is Cc1ccc(CN(C(=O)CCCN2C(=O)c3ccccc3C2=O)C(Cc2ccccc2)C(=O)NC(C)(C)C)cc1. The van der Waals surface area contributed by atoms with Gasteiger partial charge in [0.1, 0.15) is 6.04 Å². The lowest BCUT2D eigenvalue weighted by atomic mass is 10.00. The molecule has 0 saturated heterocycles. The molecule has 4 amide bonds. The fraction of sp³-hybridized carbons (Fsp3) is 0.333. The predicted molar refractivity (Wildman–Crippen MR) is 155 cm³/mol. The van der Waals surface area contributed by atoms with Crippen LogP contribution >= 0.6 is 0 Å². The van der Waals surface area contributed by atoms with E-state index in [0.717, 1.165) is 16.7 Å². The molecule has 1 N–H and O–H groups in total. The normalized spacial score (nSPS) is 13.7. The molecule has 1 atom stereocenters. The Labute approximate surface area is 236 Å². The van der Waals surface area contributed by atoms with E-state index < -0.39 is 11.6 Å². The number of amides is 4. The van der Waals surface area contributed by atoms with Crippen molar-refractivity contribution in [3.63, 3.8) is 0 Å². The van der Waals surface area contributed by atoms with Gasteiger partial charge in [-0.25, -0.2) is 0 Å². The van der Waals surface area contributed by atoms with Crippen LogP contribution in [0.4, 0.5) is 0 Å². The lowest BCUT2D eigenvalue weighted by molar-refractivity contribution is -0.142.